The van der Waals surface area contributed by atoms with E-state index in [1.165, 1.54) is 0 Å². The van der Waals surface area contributed by atoms with Crippen LogP contribution in [-0.4, -0.2) is 29.4 Å². The number of likely N-dealkylation sites (N-methyl/N-ethyl adjacent to an activating group) is 1. The second-order valence-electron chi connectivity index (χ2n) is 5.11. The minimum atomic E-state index is -0.152. The molecule has 0 saturated carbocycles. The molecule has 0 fully saturated rings. The Morgan fingerprint density at radius 3 is 2.50 bits per heavy atom. The average molecular weight is 277 g/mol. The van der Waals surface area contributed by atoms with Crippen LogP contribution in [-0.2, 0) is 11.3 Å². The first kappa shape index (κ1) is 16.7. The highest BCUT2D eigenvalue weighted by Crippen LogP contribution is 2.16. The van der Waals surface area contributed by atoms with Crippen molar-refractivity contribution >= 4 is 11.6 Å². The molecule has 20 heavy (non-hydrogen) atoms. The maximum Gasteiger partial charge on any atom is 0.241 e. The van der Waals surface area contributed by atoms with Crippen molar-refractivity contribution in [3.8, 4) is 0 Å². The third kappa shape index (κ3) is 4.05. The number of benzene rings is 1. The van der Waals surface area contributed by atoms with Crippen molar-refractivity contribution in [2.45, 2.75) is 52.7 Å². The first-order valence-corrected chi connectivity index (χ1v) is 7.39. The van der Waals surface area contributed by atoms with Crippen LogP contribution in [0.15, 0.2) is 24.3 Å². The van der Waals surface area contributed by atoms with Gasteiger partial charge in [0.05, 0.1) is 6.04 Å². The predicted molar refractivity (Wildman–Crippen MR) is 84.6 cm³/mol. The molecule has 3 N–H and O–H groups in total. The van der Waals surface area contributed by atoms with Gasteiger partial charge in [-0.3, -0.25) is 9.69 Å². The van der Waals surface area contributed by atoms with E-state index >= 15 is 0 Å². The fourth-order valence-corrected chi connectivity index (χ4v) is 2.41. The topological polar surface area (TPSA) is 58.4 Å². The fourth-order valence-electron chi connectivity index (χ4n) is 2.41. The molecule has 2 atom stereocenters. The number of rotatable bonds is 7. The van der Waals surface area contributed by atoms with Crippen molar-refractivity contribution in [3.63, 3.8) is 0 Å². The van der Waals surface area contributed by atoms with Gasteiger partial charge in [-0.15, -0.1) is 0 Å². The molecule has 0 bridgehead atoms. The molecule has 0 aliphatic heterocycles. The average Bonchev–Trinajstić information content (AvgIpc) is 2.47. The predicted octanol–water partition coefficient (Wildman–Crippen LogP) is 2.59. The lowest BCUT2D eigenvalue weighted by Crippen LogP contribution is -2.46. The van der Waals surface area contributed by atoms with Gasteiger partial charge in [0.1, 0.15) is 0 Å². The number of anilines is 1. The van der Waals surface area contributed by atoms with E-state index in [9.17, 15) is 4.79 Å². The summed E-state index contributed by atoms with van der Waals surface area (Å²) in [7, 11) is 0. The number of amides is 1. The van der Waals surface area contributed by atoms with Crippen LogP contribution >= 0.6 is 0 Å². The molecule has 1 rings (SSSR count). The van der Waals surface area contributed by atoms with Crippen molar-refractivity contribution in [2.75, 3.05) is 11.9 Å². The molecule has 0 aliphatic rings. The number of hydrogen-bond acceptors (Lipinski definition) is 3. The molecule has 0 spiro atoms. The van der Waals surface area contributed by atoms with Gasteiger partial charge in [-0.05, 0) is 38.4 Å². The molecule has 2 unspecified atom stereocenters. The van der Waals surface area contributed by atoms with Gasteiger partial charge in [-0.2, -0.15) is 0 Å². The van der Waals surface area contributed by atoms with Crippen molar-refractivity contribution in [2.24, 2.45) is 5.73 Å². The summed E-state index contributed by atoms with van der Waals surface area (Å²) >= 11 is 0. The Morgan fingerprint density at radius 1 is 1.30 bits per heavy atom. The summed E-state index contributed by atoms with van der Waals surface area (Å²) in [6.07, 6.45) is 1.03. The number of carbonyl (C=O) groups excluding carboxylic acids is 1. The highest BCUT2D eigenvalue weighted by atomic mass is 16.2. The van der Waals surface area contributed by atoms with Gasteiger partial charge in [0.15, 0.2) is 0 Å². The second-order valence-corrected chi connectivity index (χ2v) is 5.11. The molecule has 112 valence electrons. The summed E-state index contributed by atoms with van der Waals surface area (Å²) in [6.45, 7) is 9.62. The van der Waals surface area contributed by atoms with Gasteiger partial charge in [-0.25, -0.2) is 0 Å². The lowest BCUT2D eigenvalue weighted by molar-refractivity contribution is -0.121. The molecule has 4 nitrogen and oxygen atoms in total. The van der Waals surface area contributed by atoms with Crippen molar-refractivity contribution in [1.82, 2.24) is 4.90 Å². The Hall–Kier alpha value is -1.39. The van der Waals surface area contributed by atoms with Gasteiger partial charge < -0.3 is 11.1 Å². The van der Waals surface area contributed by atoms with Crippen molar-refractivity contribution in [3.05, 3.63) is 29.8 Å². The molecule has 1 aromatic carbocycles. The van der Waals surface area contributed by atoms with Gasteiger partial charge >= 0.3 is 0 Å². The summed E-state index contributed by atoms with van der Waals surface area (Å²) in [4.78, 5) is 14.6. The summed E-state index contributed by atoms with van der Waals surface area (Å²) in [5.41, 5.74) is 7.47. The fraction of sp³-hybridized carbons (Fsp3) is 0.562. The summed E-state index contributed by atoms with van der Waals surface area (Å²) in [5, 5.41) is 2.99. The first-order valence-electron chi connectivity index (χ1n) is 7.39. The summed E-state index contributed by atoms with van der Waals surface area (Å²) in [6, 6.07) is 7.91. The molecule has 4 heteroatoms. The Morgan fingerprint density at radius 2 is 1.95 bits per heavy atom. The smallest absolute Gasteiger partial charge is 0.241 e. The van der Waals surface area contributed by atoms with E-state index in [4.69, 9.17) is 5.73 Å². The quantitative estimate of drug-likeness (QED) is 0.805. The second kappa shape index (κ2) is 8.02. The summed E-state index contributed by atoms with van der Waals surface area (Å²) in [5.74, 6) is 0.0213. The molecule has 1 aromatic rings. The van der Waals surface area contributed by atoms with E-state index < -0.39 is 0 Å². The van der Waals surface area contributed by atoms with Crippen LogP contribution in [0.3, 0.4) is 0 Å². The van der Waals surface area contributed by atoms with Crippen LogP contribution in [0.25, 0.3) is 0 Å². The zero-order valence-electron chi connectivity index (χ0n) is 13.0. The zero-order chi connectivity index (χ0) is 15.1. The SMILES string of the molecule is CCC(C)N(CC)C(C)C(=O)Nc1ccccc1CN. The van der Waals surface area contributed by atoms with E-state index in [-0.39, 0.29) is 11.9 Å². The van der Waals surface area contributed by atoms with Gasteiger partial charge in [0.2, 0.25) is 5.91 Å². The largest absolute Gasteiger partial charge is 0.326 e. The number of carbonyl (C=O) groups is 1. The highest BCUT2D eigenvalue weighted by molar-refractivity contribution is 5.95. The number of nitrogens with zero attached hydrogens (tertiary/aromatic N) is 1. The molecular weight excluding hydrogens is 250 g/mol. The van der Waals surface area contributed by atoms with Gasteiger partial charge in [0, 0.05) is 18.3 Å². The maximum atomic E-state index is 12.4. The zero-order valence-corrected chi connectivity index (χ0v) is 13.0. The molecule has 0 aromatic heterocycles. The molecule has 0 heterocycles. The minimum Gasteiger partial charge on any atom is -0.326 e. The summed E-state index contributed by atoms with van der Waals surface area (Å²) < 4.78 is 0. The first-order chi connectivity index (χ1) is 9.54. The molecule has 1 amide bonds. The van der Waals surface area contributed by atoms with E-state index in [0.717, 1.165) is 24.2 Å². The van der Waals surface area contributed by atoms with Crippen molar-refractivity contribution < 1.29 is 4.79 Å². The third-order valence-electron chi connectivity index (χ3n) is 3.89. The lowest BCUT2D eigenvalue weighted by Gasteiger charge is -2.32. The lowest BCUT2D eigenvalue weighted by atomic mass is 10.1. The van der Waals surface area contributed by atoms with Crippen molar-refractivity contribution in [1.29, 1.82) is 0 Å². The van der Waals surface area contributed by atoms with E-state index in [0.29, 0.717) is 12.6 Å². The van der Waals surface area contributed by atoms with Gasteiger partial charge in [-0.1, -0.05) is 32.0 Å². The Kier molecular flexibility index (Phi) is 6.68. The normalized spacial score (nSPS) is 14.1. The van der Waals surface area contributed by atoms with E-state index in [1.54, 1.807) is 0 Å². The Labute approximate surface area is 122 Å². The number of nitrogens with two attached hydrogens (primary N) is 1. The van der Waals surface area contributed by atoms with E-state index in [1.807, 2.05) is 31.2 Å². The Balaban J connectivity index is 2.79. The van der Waals surface area contributed by atoms with Crippen LogP contribution in [0.5, 0.6) is 0 Å². The monoisotopic (exact) mass is 277 g/mol. The van der Waals surface area contributed by atoms with Crippen LogP contribution in [0.2, 0.25) is 0 Å². The van der Waals surface area contributed by atoms with Gasteiger partial charge in [0.25, 0.3) is 0 Å². The molecule has 0 saturated heterocycles. The highest BCUT2D eigenvalue weighted by Gasteiger charge is 2.23. The minimum absolute atomic E-state index is 0.0213. The Bertz CT molecular complexity index is 433. The van der Waals surface area contributed by atoms with Crippen LogP contribution in [0.4, 0.5) is 5.69 Å². The number of para-hydroxylation sites is 1. The number of nitrogens with one attached hydrogen (secondary N) is 1. The van der Waals surface area contributed by atoms with Crippen LogP contribution < -0.4 is 11.1 Å². The molecule has 0 radical (unpaired) electrons. The van der Waals surface area contributed by atoms with Crippen LogP contribution in [0, 0.1) is 0 Å². The standard InChI is InChI=1S/C16H27N3O/c1-5-12(3)19(6-2)13(4)16(20)18-15-10-8-7-9-14(15)11-17/h7-10,12-13H,5-6,11,17H2,1-4H3,(H,18,20). The van der Waals surface area contributed by atoms with Crippen LogP contribution in [0.1, 0.15) is 39.7 Å². The maximum absolute atomic E-state index is 12.4. The third-order valence-corrected chi connectivity index (χ3v) is 3.89. The molecular formula is C16H27N3O. The van der Waals surface area contributed by atoms with E-state index in [2.05, 4.69) is 31.0 Å². The number of hydrogen-bond donors (Lipinski definition) is 2. The molecule has 0 aliphatic carbocycles.